The third-order valence-electron chi connectivity index (χ3n) is 2.63. The molecule has 5 nitrogen and oxygen atoms in total. The van der Waals surface area contributed by atoms with Gasteiger partial charge in [0.05, 0.1) is 31.8 Å². The smallest absolute Gasteiger partial charge is 0.0950 e. The second-order valence-corrected chi connectivity index (χ2v) is 3.71. The summed E-state index contributed by atoms with van der Waals surface area (Å²) in [5.41, 5.74) is 0.733. The summed E-state index contributed by atoms with van der Waals surface area (Å²) in [5.74, 6) is 0. The van der Waals surface area contributed by atoms with Crippen molar-refractivity contribution in [3.63, 3.8) is 0 Å². The molecule has 15 heavy (non-hydrogen) atoms. The lowest BCUT2D eigenvalue weighted by Crippen LogP contribution is -2.38. The first-order valence-electron chi connectivity index (χ1n) is 5.30. The van der Waals surface area contributed by atoms with Gasteiger partial charge in [-0.15, -0.1) is 0 Å². The van der Waals surface area contributed by atoms with Crippen molar-refractivity contribution in [1.29, 1.82) is 0 Å². The third-order valence-corrected chi connectivity index (χ3v) is 2.63. The van der Waals surface area contributed by atoms with Crippen LogP contribution in [0, 0.1) is 0 Å². The van der Waals surface area contributed by atoms with E-state index in [4.69, 9.17) is 9.84 Å². The quantitative estimate of drug-likeness (QED) is 0.743. The molecule has 2 rings (SSSR count). The average molecular weight is 211 g/mol. The first-order chi connectivity index (χ1) is 7.38. The molecule has 84 valence electrons. The Kier molecular flexibility index (Phi) is 3.71. The highest BCUT2D eigenvalue weighted by Crippen LogP contribution is 1.99. The van der Waals surface area contributed by atoms with Crippen LogP contribution in [0.1, 0.15) is 5.69 Å². The zero-order chi connectivity index (χ0) is 10.5. The van der Waals surface area contributed by atoms with Crippen LogP contribution in [0.3, 0.4) is 0 Å². The number of rotatable bonds is 4. The van der Waals surface area contributed by atoms with E-state index >= 15 is 0 Å². The second kappa shape index (κ2) is 5.25. The summed E-state index contributed by atoms with van der Waals surface area (Å²) < 4.78 is 7.29. The standard InChI is InChI=1S/C10H17N3O2/c14-8-10-7-13(9-11-10)2-1-12-3-5-15-6-4-12/h7,9,14H,1-6,8H2. The molecule has 0 saturated carbocycles. The van der Waals surface area contributed by atoms with Crippen molar-refractivity contribution in [1.82, 2.24) is 14.5 Å². The molecule has 0 aliphatic carbocycles. The molecule has 0 unspecified atom stereocenters. The number of ether oxygens (including phenoxy) is 1. The summed E-state index contributed by atoms with van der Waals surface area (Å²) in [7, 11) is 0. The van der Waals surface area contributed by atoms with Crippen LogP contribution in [0.2, 0.25) is 0 Å². The number of morpholine rings is 1. The molecule has 1 aliphatic heterocycles. The minimum atomic E-state index is 0.0184. The number of hydrogen-bond donors (Lipinski definition) is 1. The van der Waals surface area contributed by atoms with Crippen molar-refractivity contribution < 1.29 is 9.84 Å². The SMILES string of the molecule is OCc1cn(CCN2CCOCC2)cn1. The van der Waals surface area contributed by atoms with Gasteiger partial charge in [-0.1, -0.05) is 0 Å². The molecule has 1 fully saturated rings. The van der Waals surface area contributed by atoms with E-state index in [0.29, 0.717) is 0 Å². The number of hydrogen-bond acceptors (Lipinski definition) is 4. The lowest BCUT2D eigenvalue weighted by atomic mass is 10.4. The lowest BCUT2D eigenvalue weighted by molar-refractivity contribution is 0.0364. The number of aromatic nitrogens is 2. The van der Waals surface area contributed by atoms with Gasteiger partial charge < -0.3 is 14.4 Å². The molecule has 5 heteroatoms. The molecule has 1 saturated heterocycles. The highest BCUT2D eigenvalue weighted by molar-refractivity contribution is 4.94. The molecular formula is C10H17N3O2. The fraction of sp³-hybridized carbons (Fsp3) is 0.700. The summed E-state index contributed by atoms with van der Waals surface area (Å²) in [6.07, 6.45) is 3.66. The molecular weight excluding hydrogens is 194 g/mol. The van der Waals surface area contributed by atoms with Crippen LogP contribution >= 0.6 is 0 Å². The van der Waals surface area contributed by atoms with Crippen molar-refractivity contribution in [2.75, 3.05) is 32.8 Å². The molecule has 1 N–H and O–H groups in total. The number of aliphatic hydroxyl groups is 1. The second-order valence-electron chi connectivity index (χ2n) is 3.71. The van der Waals surface area contributed by atoms with Crippen molar-refractivity contribution in [3.8, 4) is 0 Å². The maximum Gasteiger partial charge on any atom is 0.0950 e. The number of imidazole rings is 1. The Morgan fingerprint density at radius 1 is 1.33 bits per heavy atom. The van der Waals surface area contributed by atoms with Crippen LogP contribution in [0.4, 0.5) is 0 Å². The fourth-order valence-corrected chi connectivity index (χ4v) is 1.69. The van der Waals surface area contributed by atoms with Crippen molar-refractivity contribution in [2.24, 2.45) is 0 Å². The van der Waals surface area contributed by atoms with E-state index in [-0.39, 0.29) is 6.61 Å². The summed E-state index contributed by atoms with van der Waals surface area (Å²) in [4.78, 5) is 6.45. The minimum absolute atomic E-state index is 0.0184. The predicted molar refractivity (Wildman–Crippen MR) is 55.4 cm³/mol. The Morgan fingerprint density at radius 3 is 2.80 bits per heavy atom. The maximum absolute atomic E-state index is 8.87. The zero-order valence-corrected chi connectivity index (χ0v) is 8.80. The van der Waals surface area contributed by atoms with Gasteiger partial charge in [0.25, 0.3) is 0 Å². The van der Waals surface area contributed by atoms with Crippen LogP contribution in [0.15, 0.2) is 12.5 Å². The summed E-state index contributed by atoms with van der Waals surface area (Å²) in [5, 5.41) is 8.87. The predicted octanol–water partition coefficient (Wildman–Crippen LogP) is -0.292. The molecule has 1 aromatic heterocycles. The van der Waals surface area contributed by atoms with Gasteiger partial charge >= 0.3 is 0 Å². The highest BCUT2D eigenvalue weighted by atomic mass is 16.5. The number of nitrogens with zero attached hydrogens (tertiary/aromatic N) is 3. The van der Waals surface area contributed by atoms with Gasteiger partial charge in [0.15, 0.2) is 0 Å². The third kappa shape index (κ3) is 3.02. The van der Waals surface area contributed by atoms with Gasteiger partial charge in [0, 0.05) is 32.4 Å². The summed E-state index contributed by atoms with van der Waals surface area (Å²) in [6, 6.07) is 0. The van der Waals surface area contributed by atoms with Crippen molar-refractivity contribution >= 4 is 0 Å². The Labute approximate surface area is 89.3 Å². The van der Waals surface area contributed by atoms with E-state index in [1.54, 1.807) is 6.33 Å². The molecule has 0 spiro atoms. The molecule has 0 amide bonds. The highest BCUT2D eigenvalue weighted by Gasteiger charge is 2.09. The van der Waals surface area contributed by atoms with Crippen molar-refractivity contribution in [3.05, 3.63) is 18.2 Å². The molecule has 2 heterocycles. The fourth-order valence-electron chi connectivity index (χ4n) is 1.69. The molecule has 0 aromatic carbocycles. The van der Waals surface area contributed by atoms with E-state index < -0.39 is 0 Å². The van der Waals surface area contributed by atoms with Gasteiger partial charge in [-0.3, -0.25) is 4.90 Å². The molecule has 1 aromatic rings. The zero-order valence-electron chi connectivity index (χ0n) is 8.80. The largest absolute Gasteiger partial charge is 0.390 e. The molecule has 0 radical (unpaired) electrons. The van der Waals surface area contributed by atoms with Crippen LogP contribution in [-0.4, -0.2) is 52.4 Å². The topological polar surface area (TPSA) is 50.5 Å². The van der Waals surface area contributed by atoms with E-state index in [0.717, 1.165) is 45.1 Å². The van der Waals surface area contributed by atoms with Crippen LogP contribution in [0.25, 0.3) is 0 Å². The average Bonchev–Trinajstić information content (AvgIpc) is 2.76. The summed E-state index contributed by atoms with van der Waals surface area (Å²) in [6.45, 7) is 5.67. The van der Waals surface area contributed by atoms with Gasteiger partial charge in [-0.2, -0.15) is 0 Å². The lowest BCUT2D eigenvalue weighted by Gasteiger charge is -2.26. The molecule has 1 aliphatic rings. The molecule has 0 bridgehead atoms. The van der Waals surface area contributed by atoms with Gasteiger partial charge in [0.1, 0.15) is 0 Å². The van der Waals surface area contributed by atoms with Gasteiger partial charge in [-0.25, -0.2) is 4.98 Å². The first-order valence-corrected chi connectivity index (χ1v) is 5.30. The maximum atomic E-state index is 8.87. The first kappa shape index (κ1) is 10.6. The Balaban J connectivity index is 1.76. The van der Waals surface area contributed by atoms with E-state index in [1.807, 2.05) is 10.8 Å². The Morgan fingerprint density at radius 2 is 2.13 bits per heavy atom. The van der Waals surface area contributed by atoms with Crippen LogP contribution in [-0.2, 0) is 17.9 Å². The number of aliphatic hydroxyl groups excluding tert-OH is 1. The Hall–Kier alpha value is -0.910. The minimum Gasteiger partial charge on any atom is -0.390 e. The van der Waals surface area contributed by atoms with Gasteiger partial charge in [-0.05, 0) is 0 Å². The molecule has 0 atom stereocenters. The van der Waals surface area contributed by atoms with E-state index in [1.165, 1.54) is 0 Å². The van der Waals surface area contributed by atoms with Gasteiger partial charge in [0.2, 0.25) is 0 Å². The van der Waals surface area contributed by atoms with E-state index in [2.05, 4.69) is 9.88 Å². The Bertz CT molecular complexity index is 295. The monoisotopic (exact) mass is 211 g/mol. The van der Waals surface area contributed by atoms with E-state index in [9.17, 15) is 0 Å². The normalized spacial score (nSPS) is 18.2. The van der Waals surface area contributed by atoms with Crippen LogP contribution < -0.4 is 0 Å². The van der Waals surface area contributed by atoms with Crippen LogP contribution in [0.5, 0.6) is 0 Å². The van der Waals surface area contributed by atoms with Crippen molar-refractivity contribution in [2.45, 2.75) is 13.2 Å². The summed E-state index contributed by atoms with van der Waals surface area (Å²) >= 11 is 0.